The summed E-state index contributed by atoms with van der Waals surface area (Å²) >= 11 is -2.20. The standard InChI is InChI=1S/C16H21FN4O3S/c1-24-15-8-12-14(9-13(15)17)18-10-19-16(12)21-6-3-11(4-7-21)2-5-20-25(22)23/h8-11,20H,2-7H2,1H3,(H,22,23)/p-1. The number of anilines is 1. The van der Waals surface area contributed by atoms with Crippen molar-refractivity contribution in [2.75, 3.05) is 31.6 Å². The van der Waals surface area contributed by atoms with Gasteiger partial charge in [0.2, 0.25) is 0 Å². The average molecular weight is 367 g/mol. The maximum absolute atomic E-state index is 13.9. The highest BCUT2D eigenvalue weighted by atomic mass is 32.2. The molecular weight excluding hydrogens is 347 g/mol. The molecule has 136 valence electrons. The molecule has 0 aliphatic carbocycles. The number of hydrogen-bond donors (Lipinski definition) is 1. The predicted octanol–water partition coefficient (Wildman–Crippen LogP) is 1.77. The topological polar surface area (TPSA) is 90.4 Å². The van der Waals surface area contributed by atoms with Crippen molar-refractivity contribution >= 4 is 28.0 Å². The van der Waals surface area contributed by atoms with Crippen LogP contribution in [0.25, 0.3) is 10.9 Å². The number of methoxy groups -OCH3 is 1. The second-order valence-electron chi connectivity index (χ2n) is 6.05. The first kappa shape index (κ1) is 18.0. The Bertz CT molecular complexity index is 768. The molecule has 2 heterocycles. The van der Waals surface area contributed by atoms with Crippen molar-refractivity contribution in [1.29, 1.82) is 0 Å². The van der Waals surface area contributed by atoms with E-state index >= 15 is 0 Å². The zero-order chi connectivity index (χ0) is 17.8. The molecule has 1 atom stereocenters. The van der Waals surface area contributed by atoms with Crippen LogP contribution in [0, 0.1) is 11.7 Å². The first-order chi connectivity index (χ1) is 12.1. The largest absolute Gasteiger partial charge is 0.760 e. The first-order valence-electron chi connectivity index (χ1n) is 8.14. The van der Waals surface area contributed by atoms with Crippen molar-refractivity contribution in [2.45, 2.75) is 19.3 Å². The van der Waals surface area contributed by atoms with Gasteiger partial charge in [-0.2, -0.15) is 0 Å². The fourth-order valence-electron chi connectivity index (χ4n) is 3.23. The summed E-state index contributed by atoms with van der Waals surface area (Å²) in [5.74, 6) is 0.990. The maximum atomic E-state index is 13.9. The highest BCUT2D eigenvalue weighted by Crippen LogP contribution is 2.31. The Morgan fingerprint density at radius 3 is 2.84 bits per heavy atom. The average Bonchev–Trinajstić information content (AvgIpc) is 2.61. The molecule has 1 N–H and O–H groups in total. The van der Waals surface area contributed by atoms with Crippen LogP contribution in [0.1, 0.15) is 19.3 Å². The molecule has 2 aromatic rings. The van der Waals surface area contributed by atoms with Gasteiger partial charge in [-0.25, -0.2) is 19.1 Å². The van der Waals surface area contributed by atoms with Gasteiger partial charge < -0.3 is 14.2 Å². The SMILES string of the molecule is COc1cc2c(N3CCC(CCNS(=O)[O-])CC3)ncnc2cc1F. The molecule has 0 bridgehead atoms. The third-order valence-electron chi connectivity index (χ3n) is 4.57. The fourth-order valence-corrected chi connectivity index (χ4v) is 3.52. The summed E-state index contributed by atoms with van der Waals surface area (Å²) in [5, 5.41) is 0.766. The minimum Gasteiger partial charge on any atom is -0.760 e. The summed E-state index contributed by atoms with van der Waals surface area (Å²) in [6.07, 6.45) is 4.18. The van der Waals surface area contributed by atoms with Crippen LogP contribution in [0.3, 0.4) is 0 Å². The Hall–Kier alpha value is -1.84. The van der Waals surface area contributed by atoms with Gasteiger partial charge in [0, 0.05) is 42.4 Å². The van der Waals surface area contributed by atoms with Gasteiger partial charge in [-0.15, -0.1) is 0 Å². The smallest absolute Gasteiger partial charge is 0.167 e. The van der Waals surface area contributed by atoms with E-state index in [1.54, 1.807) is 6.07 Å². The third kappa shape index (κ3) is 4.23. The number of nitrogens with zero attached hydrogens (tertiary/aromatic N) is 3. The summed E-state index contributed by atoms with van der Waals surface area (Å²) in [4.78, 5) is 10.7. The van der Waals surface area contributed by atoms with E-state index in [9.17, 15) is 13.2 Å². The molecule has 0 spiro atoms. The van der Waals surface area contributed by atoms with E-state index in [1.165, 1.54) is 19.5 Å². The van der Waals surface area contributed by atoms with E-state index in [2.05, 4.69) is 19.6 Å². The molecule has 25 heavy (non-hydrogen) atoms. The van der Waals surface area contributed by atoms with Gasteiger partial charge in [0.15, 0.2) is 11.6 Å². The van der Waals surface area contributed by atoms with Gasteiger partial charge in [-0.1, -0.05) is 0 Å². The van der Waals surface area contributed by atoms with Crippen molar-refractivity contribution < 1.29 is 17.9 Å². The first-order valence-corrected chi connectivity index (χ1v) is 9.22. The molecule has 7 nitrogen and oxygen atoms in total. The molecule has 0 amide bonds. The Morgan fingerprint density at radius 2 is 2.16 bits per heavy atom. The summed E-state index contributed by atoms with van der Waals surface area (Å²) < 4.78 is 42.4. The Kier molecular flexibility index (Phi) is 5.77. The monoisotopic (exact) mass is 367 g/mol. The Balaban J connectivity index is 1.72. The zero-order valence-corrected chi connectivity index (χ0v) is 14.7. The molecule has 0 saturated carbocycles. The van der Waals surface area contributed by atoms with Crippen LogP contribution >= 0.6 is 0 Å². The number of fused-ring (bicyclic) bond motifs is 1. The second kappa shape index (κ2) is 8.03. The highest BCUT2D eigenvalue weighted by molar-refractivity contribution is 7.77. The maximum Gasteiger partial charge on any atom is 0.167 e. The van der Waals surface area contributed by atoms with Gasteiger partial charge in [0.1, 0.15) is 12.1 Å². The van der Waals surface area contributed by atoms with Crippen molar-refractivity contribution in [3.05, 3.63) is 24.3 Å². The van der Waals surface area contributed by atoms with E-state index in [0.29, 0.717) is 18.0 Å². The lowest BCUT2D eigenvalue weighted by Gasteiger charge is -2.33. The molecule has 0 radical (unpaired) electrons. The van der Waals surface area contributed by atoms with Gasteiger partial charge >= 0.3 is 0 Å². The van der Waals surface area contributed by atoms with Gasteiger partial charge in [0.25, 0.3) is 0 Å². The van der Waals surface area contributed by atoms with Crippen LogP contribution in [-0.2, 0) is 11.3 Å². The number of halogens is 1. The van der Waals surface area contributed by atoms with E-state index < -0.39 is 17.1 Å². The second-order valence-corrected chi connectivity index (χ2v) is 6.81. The molecule has 1 aromatic heterocycles. The fraction of sp³-hybridized carbons (Fsp3) is 0.500. The molecule has 1 unspecified atom stereocenters. The normalized spacial score (nSPS) is 17.0. The molecule has 1 aliphatic rings. The van der Waals surface area contributed by atoms with Crippen molar-refractivity contribution in [3.8, 4) is 5.75 Å². The predicted molar refractivity (Wildman–Crippen MR) is 92.5 cm³/mol. The summed E-state index contributed by atoms with van der Waals surface area (Å²) in [6, 6.07) is 3.00. The molecule has 3 rings (SSSR count). The molecule has 1 aromatic carbocycles. The number of rotatable bonds is 6. The van der Waals surface area contributed by atoms with Crippen LogP contribution in [0.5, 0.6) is 5.75 Å². The van der Waals surface area contributed by atoms with Crippen molar-refractivity contribution in [2.24, 2.45) is 5.92 Å². The number of piperidine rings is 1. The molecule has 1 fully saturated rings. The van der Waals surface area contributed by atoms with Gasteiger partial charge in [-0.05, 0) is 31.2 Å². The van der Waals surface area contributed by atoms with E-state index in [4.69, 9.17) is 4.74 Å². The quantitative estimate of drug-likeness (QED) is 0.783. The summed E-state index contributed by atoms with van der Waals surface area (Å²) in [5.41, 5.74) is 0.549. The van der Waals surface area contributed by atoms with Crippen LogP contribution in [0.4, 0.5) is 10.2 Å². The molecule has 1 aliphatic heterocycles. The number of ether oxygens (including phenoxy) is 1. The Labute approximate surface area is 148 Å². The minimum atomic E-state index is -2.20. The lowest BCUT2D eigenvalue weighted by Crippen LogP contribution is -2.35. The van der Waals surface area contributed by atoms with Crippen molar-refractivity contribution in [1.82, 2.24) is 14.7 Å². The Morgan fingerprint density at radius 1 is 1.40 bits per heavy atom. The van der Waals surface area contributed by atoms with E-state index in [-0.39, 0.29) is 5.75 Å². The van der Waals surface area contributed by atoms with Gasteiger partial charge in [0.05, 0.1) is 12.6 Å². The minimum absolute atomic E-state index is 0.176. The van der Waals surface area contributed by atoms with E-state index in [1.807, 2.05) is 0 Å². The van der Waals surface area contributed by atoms with Crippen LogP contribution in [-0.4, -0.2) is 45.5 Å². The van der Waals surface area contributed by atoms with Gasteiger partial charge in [-0.3, -0.25) is 4.21 Å². The highest BCUT2D eigenvalue weighted by Gasteiger charge is 2.22. The number of hydrogen-bond acceptors (Lipinski definition) is 6. The summed E-state index contributed by atoms with van der Waals surface area (Å²) in [7, 11) is 1.43. The number of benzene rings is 1. The summed E-state index contributed by atoms with van der Waals surface area (Å²) in [6.45, 7) is 2.10. The number of aromatic nitrogens is 2. The lowest BCUT2D eigenvalue weighted by molar-refractivity contribution is 0.379. The van der Waals surface area contributed by atoms with Crippen molar-refractivity contribution in [3.63, 3.8) is 0 Å². The van der Waals surface area contributed by atoms with Crippen LogP contribution < -0.4 is 14.4 Å². The van der Waals surface area contributed by atoms with E-state index in [0.717, 1.165) is 43.6 Å². The van der Waals surface area contributed by atoms with Crippen LogP contribution in [0.2, 0.25) is 0 Å². The molecule has 9 heteroatoms. The zero-order valence-electron chi connectivity index (χ0n) is 13.9. The molecular formula is C16H20FN4O3S-. The lowest BCUT2D eigenvalue weighted by atomic mass is 9.93. The number of nitrogens with one attached hydrogen (secondary N) is 1. The van der Waals surface area contributed by atoms with Crippen LogP contribution in [0.15, 0.2) is 18.5 Å². The molecule has 1 saturated heterocycles. The third-order valence-corrected chi connectivity index (χ3v) is 5.01.